The Morgan fingerprint density at radius 1 is 1.04 bits per heavy atom. The number of unbranched alkanes of at least 4 members (excludes halogenated alkanes) is 1. The van der Waals surface area contributed by atoms with Gasteiger partial charge in [0.05, 0.1) is 0 Å². The lowest BCUT2D eigenvalue weighted by Gasteiger charge is -2.36. The normalized spacial score (nSPS) is 15.8. The number of guanidine groups is 1. The molecule has 6 nitrogen and oxygen atoms in total. The predicted octanol–water partition coefficient (Wildman–Crippen LogP) is 2.18. The van der Waals surface area contributed by atoms with Crippen molar-refractivity contribution in [2.24, 2.45) is 4.99 Å². The molecule has 0 amide bonds. The molecule has 27 heavy (non-hydrogen) atoms. The standard InChI is InChI=1S/C21H37N5O/c1-3-22-21(24-13-9-19-27-2)23-12-7-8-14-25-15-17-26(18-16-25)20-10-5-4-6-11-20/h4-6,10-11H,3,7-9,12-19H2,1-2H3,(H2,22,23,24). The molecule has 0 aromatic heterocycles. The largest absolute Gasteiger partial charge is 0.385 e. The Morgan fingerprint density at radius 3 is 2.52 bits per heavy atom. The van der Waals surface area contributed by atoms with Crippen molar-refractivity contribution in [1.82, 2.24) is 15.5 Å². The number of para-hydroxylation sites is 1. The Balaban J connectivity index is 1.56. The van der Waals surface area contributed by atoms with Crippen LogP contribution in [0, 0.1) is 0 Å². The fourth-order valence-electron chi connectivity index (χ4n) is 3.28. The van der Waals surface area contributed by atoms with Gasteiger partial charge < -0.3 is 20.3 Å². The minimum absolute atomic E-state index is 0.764. The van der Waals surface area contributed by atoms with Crippen LogP contribution in [0.15, 0.2) is 35.3 Å². The molecule has 0 bridgehead atoms. The average Bonchev–Trinajstić information content (AvgIpc) is 2.72. The molecule has 0 atom stereocenters. The number of methoxy groups -OCH3 is 1. The molecule has 0 radical (unpaired) electrons. The van der Waals surface area contributed by atoms with Crippen LogP contribution >= 0.6 is 0 Å². The quantitative estimate of drug-likeness (QED) is 0.353. The molecule has 2 rings (SSSR count). The van der Waals surface area contributed by atoms with E-state index >= 15 is 0 Å². The number of hydrogen-bond acceptors (Lipinski definition) is 4. The van der Waals surface area contributed by atoms with Gasteiger partial charge in [-0.3, -0.25) is 9.89 Å². The molecule has 0 spiro atoms. The van der Waals surface area contributed by atoms with E-state index < -0.39 is 0 Å². The highest BCUT2D eigenvalue weighted by Crippen LogP contribution is 2.15. The summed E-state index contributed by atoms with van der Waals surface area (Å²) in [6, 6.07) is 10.7. The predicted molar refractivity (Wildman–Crippen MR) is 115 cm³/mol. The number of anilines is 1. The first-order valence-corrected chi connectivity index (χ1v) is 10.4. The summed E-state index contributed by atoms with van der Waals surface area (Å²) >= 11 is 0. The Bertz CT molecular complexity index is 515. The Hall–Kier alpha value is -1.79. The van der Waals surface area contributed by atoms with Crippen LogP contribution in [0.5, 0.6) is 0 Å². The molecule has 1 aromatic rings. The smallest absolute Gasteiger partial charge is 0.191 e. The maximum absolute atomic E-state index is 5.07. The van der Waals surface area contributed by atoms with Crippen LogP contribution in [0.25, 0.3) is 0 Å². The van der Waals surface area contributed by atoms with Crippen LogP contribution in [0.1, 0.15) is 26.2 Å². The van der Waals surface area contributed by atoms with Crippen LogP contribution in [0.3, 0.4) is 0 Å². The molecule has 0 saturated carbocycles. The van der Waals surface area contributed by atoms with E-state index in [2.05, 4.69) is 62.7 Å². The van der Waals surface area contributed by atoms with E-state index in [4.69, 9.17) is 4.74 Å². The van der Waals surface area contributed by atoms with Crippen LogP contribution in [-0.2, 0) is 4.74 Å². The van der Waals surface area contributed by atoms with Gasteiger partial charge >= 0.3 is 0 Å². The maximum Gasteiger partial charge on any atom is 0.191 e. The highest BCUT2D eigenvalue weighted by Gasteiger charge is 2.16. The minimum atomic E-state index is 0.764. The number of nitrogens with zero attached hydrogens (tertiary/aromatic N) is 3. The number of rotatable bonds is 11. The third-order valence-corrected chi connectivity index (χ3v) is 4.81. The molecular formula is C21H37N5O. The first-order valence-electron chi connectivity index (χ1n) is 10.4. The molecule has 1 aliphatic heterocycles. The highest BCUT2D eigenvalue weighted by atomic mass is 16.5. The summed E-state index contributed by atoms with van der Waals surface area (Å²) in [5.74, 6) is 0.921. The second-order valence-corrected chi connectivity index (χ2v) is 6.91. The lowest BCUT2D eigenvalue weighted by atomic mass is 10.2. The second-order valence-electron chi connectivity index (χ2n) is 6.91. The van der Waals surface area contributed by atoms with Gasteiger partial charge in [0.15, 0.2) is 5.96 Å². The van der Waals surface area contributed by atoms with Gasteiger partial charge in [-0.15, -0.1) is 0 Å². The summed E-state index contributed by atoms with van der Waals surface area (Å²) in [5.41, 5.74) is 1.35. The van der Waals surface area contributed by atoms with Gasteiger partial charge in [-0.05, 0) is 44.9 Å². The van der Waals surface area contributed by atoms with Crippen molar-refractivity contribution in [3.63, 3.8) is 0 Å². The number of aliphatic imine (C=N–C) groups is 1. The minimum Gasteiger partial charge on any atom is -0.385 e. The van der Waals surface area contributed by atoms with E-state index in [1.165, 1.54) is 25.1 Å². The molecular weight excluding hydrogens is 338 g/mol. The topological polar surface area (TPSA) is 52.1 Å². The fourth-order valence-corrected chi connectivity index (χ4v) is 3.28. The molecule has 1 aliphatic rings. The van der Waals surface area contributed by atoms with E-state index in [1.807, 2.05) is 0 Å². The van der Waals surface area contributed by atoms with Crippen molar-refractivity contribution < 1.29 is 4.74 Å². The van der Waals surface area contributed by atoms with Crippen molar-refractivity contribution in [1.29, 1.82) is 0 Å². The van der Waals surface area contributed by atoms with Crippen LogP contribution in [-0.4, -0.2) is 76.9 Å². The third-order valence-electron chi connectivity index (χ3n) is 4.81. The number of ether oxygens (including phenoxy) is 1. The highest BCUT2D eigenvalue weighted by molar-refractivity contribution is 5.79. The molecule has 1 saturated heterocycles. The van der Waals surface area contributed by atoms with Crippen molar-refractivity contribution >= 4 is 11.6 Å². The molecule has 0 unspecified atom stereocenters. The summed E-state index contributed by atoms with van der Waals surface area (Å²) < 4.78 is 5.07. The van der Waals surface area contributed by atoms with E-state index in [9.17, 15) is 0 Å². The van der Waals surface area contributed by atoms with Gasteiger partial charge in [0.25, 0.3) is 0 Å². The Kier molecular flexibility index (Phi) is 10.7. The molecule has 1 heterocycles. The summed E-state index contributed by atoms with van der Waals surface area (Å²) in [4.78, 5) is 9.65. The van der Waals surface area contributed by atoms with E-state index in [-0.39, 0.29) is 0 Å². The average molecular weight is 376 g/mol. The fraction of sp³-hybridized carbons (Fsp3) is 0.667. The van der Waals surface area contributed by atoms with Gasteiger partial charge in [-0.25, -0.2) is 0 Å². The molecule has 0 aliphatic carbocycles. The number of hydrogen-bond donors (Lipinski definition) is 2. The summed E-state index contributed by atoms with van der Waals surface area (Å²) in [6.07, 6.45) is 3.35. The van der Waals surface area contributed by atoms with Crippen molar-refractivity contribution in [2.75, 3.05) is 71.0 Å². The van der Waals surface area contributed by atoms with Crippen LogP contribution in [0.2, 0.25) is 0 Å². The zero-order chi connectivity index (χ0) is 19.2. The van der Waals surface area contributed by atoms with Gasteiger partial charge in [-0.2, -0.15) is 0 Å². The van der Waals surface area contributed by atoms with Crippen LogP contribution in [0.4, 0.5) is 5.69 Å². The Labute approximate surface area is 165 Å². The first kappa shape index (κ1) is 21.5. The summed E-state index contributed by atoms with van der Waals surface area (Å²) in [5, 5.41) is 6.74. The van der Waals surface area contributed by atoms with Crippen molar-refractivity contribution in [3.8, 4) is 0 Å². The maximum atomic E-state index is 5.07. The summed E-state index contributed by atoms with van der Waals surface area (Å²) in [7, 11) is 1.73. The lowest BCUT2D eigenvalue weighted by molar-refractivity contribution is 0.197. The number of nitrogens with one attached hydrogen (secondary N) is 2. The zero-order valence-electron chi connectivity index (χ0n) is 17.1. The van der Waals surface area contributed by atoms with E-state index in [0.29, 0.717) is 0 Å². The lowest BCUT2D eigenvalue weighted by Crippen LogP contribution is -2.46. The number of benzene rings is 1. The monoisotopic (exact) mass is 375 g/mol. The summed E-state index contributed by atoms with van der Waals surface area (Å²) in [6.45, 7) is 11.3. The van der Waals surface area contributed by atoms with Gasteiger partial charge in [0, 0.05) is 65.2 Å². The van der Waals surface area contributed by atoms with Gasteiger partial charge in [-0.1, -0.05) is 18.2 Å². The molecule has 1 fully saturated rings. The van der Waals surface area contributed by atoms with Gasteiger partial charge in [0.2, 0.25) is 0 Å². The van der Waals surface area contributed by atoms with E-state index in [0.717, 1.165) is 64.8 Å². The molecule has 2 N–H and O–H groups in total. The molecule has 1 aromatic carbocycles. The molecule has 152 valence electrons. The zero-order valence-corrected chi connectivity index (χ0v) is 17.1. The second kappa shape index (κ2) is 13.4. The SMILES string of the molecule is CCNC(=NCCCOC)NCCCCN1CCN(c2ccccc2)CC1. The van der Waals surface area contributed by atoms with E-state index in [1.54, 1.807) is 7.11 Å². The molecule has 6 heteroatoms. The number of piperazine rings is 1. The van der Waals surface area contributed by atoms with Crippen LogP contribution < -0.4 is 15.5 Å². The third kappa shape index (κ3) is 8.63. The Morgan fingerprint density at radius 2 is 1.81 bits per heavy atom. The van der Waals surface area contributed by atoms with Crippen molar-refractivity contribution in [2.45, 2.75) is 26.2 Å². The first-order chi connectivity index (χ1) is 13.3. The van der Waals surface area contributed by atoms with Gasteiger partial charge in [0.1, 0.15) is 0 Å². The van der Waals surface area contributed by atoms with Crippen molar-refractivity contribution in [3.05, 3.63) is 30.3 Å².